The number of aryl methyl sites for hydroxylation is 1. The molecular formula is C16H16O2S. The summed E-state index contributed by atoms with van der Waals surface area (Å²) in [5.74, 6) is -0.209. The van der Waals surface area contributed by atoms with Gasteiger partial charge in [-0.15, -0.1) is 11.3 Å². The summed E-state index contributed by atoms with van der Waals surface area (Å²) in [4.78, 5) is 24.5. The summed E-state index contributed by atoms with van der Waals surface area (Å²) in [5.41, 5.74) is 1.84. The van der Waals surface area contributed by atoms with Crippen LogP contribution < -0.4 is 0 Å². The molecule has 1 heterocycles. The molecule has 0 N–H and O–H groups in total. The maximum absolute atomic E-state index is 12.0. The van der Waals surface area contributed by atoms with E-state index in [2.05, 4.69) is 6.92 Å². The van der Waals surface area contributed by atoms with E-state index in [1.807, 2.05) is 35.7 Å². The molecule has 0 aliphatic rings. The Bertz CT molecular complexity index is 553. The van der Waals surface area contributed by atoms with Gasteiger partial charge in [-0.25, -0.2) is 0 Å². The Morgan fingerprint density at radius 1 is 1.05 bits per heavy atom. The van der Waals surface area contributed by atoms with Crippen LogP contribution in [0.25, 0.3) is 0 Å². The summed E-state index contributed by atoms with van der Waals surface area (Å²) in [5, 5.41) is 1.84. The van der Waals surface area contributed by atoms with Gasteiger partial charge in [0.05, 0.1) is 11.3 Å². The number of thiophene rings is 1. The van der Waals surface area contributed by atoms with Crippen LogP contribution in [0.15, 0.2) is 41.8 Å². The van der Waals surface area contributed by atoms with E-state index in [-0.39, 0.29) is 18.0 Å². The second-order valence-electron chi connectivity index (χ2n) is 4.45. The summed E-state index contributed by atoms with van der Waals surface area (Å²) in [6, 6.07) is 11.1. The largest absolute Gasteiger partial charge is 0.294 e. The topological polar surface area (TPSA) is 34.1 Å². The number of hydrogen-bond acceptors (Lipinski definition) is 3. The minimum absolute atomic E-state index is 0.0480. The average Bonchev–Trinajstić information content (AvgIpc) is 2.94. The Balaban J connectivity index is 2.01. The van der Waals surface area contributed by atoms with E-state index in [4.69, 9.17) is 0 Å². The van der Waals surface area contributed by atoms with E-state index in [0.717, 1.165) is 12.8 Å². The van der Waals surface area contributed by atoms with Gasteiger partial charge in [0, 0.05) is 5.56 Å². The van der Waals surface area contributed by atoms with Crippen LogP contribution in [-0.2, 0) is 6.42 Å². The second-order valence-corrected chi connectivity index (χ2v) is 5.40. The fraction of sp³-hybridized carbons (Fsp3) is 0.250. The number of carbonyl (C=O) groups is 2. The lowest BCUT2D eigenvalue weighted by Crippen LogP contribution is -2.07. The fourth-order valence-corrected chi connectivity index (χ4v) is 2.58. The molecule has 0 atom stereocenters. The normalized spacial score (nSPS) is 10.4. The first-order chi connectivity index (χ1) is 9.20. The maximum atomic E-state index is 12.0. The molecule has 0 aliphatic heterocycles. The highest BCUT2D eigenvalue weighted by Gasteiger charge is 2.14. The summed E-state index contributed by atoms with van der Waals surface area (Å²) in [7, 11) is 0. The predicted octanol–water partition coefficient (Wildman–Crippen LogP) is 4.16. The molecule has 0 fully saturated rings. The van der Waals surface area contributed by atoms with E-state index in [9.17, 15) is 9.59 Å². The molecule has 1 aromatic carbocycles. The van der Waals surface area contributed by atoms with Gasteiger partial charge in [-0.05, 0) is 23.4 Å². The van der Waals surface area contributed by atoms with Gasteiger partial charge in [-0.2, -0.15) is 0 Å². The summed E-state index contributed by atoms with van der Waals surface area (Å²) in [6.45, 7) is 2.12. The van der Waals surface area contributed by atoms with Gasteiger partial charge in [0.15, 0.2) is 11.6 Å². The third-order valence-electron chi connectivity index (χ3n) is 2.93. The zero-order chi connectivity index (χ0) is 13.7. The SMILES string of the molecule is CCCc1ccc(C(=O)CC(=O)c2cccs2)cc1. The first kappa shape index (κ1) is 13.7. The number of hydrogen-bond donors (Lipinski definition) is 0. The Morgan fingerprint density at radius 2 is 1.79 bits per heavy atom. The molecule has 0 spiro atoms. The van der Waals surface area contributed by atoms with Crippen LogP contribution in [0, 0.1) is 0 Å². The zero-order valence-electron chi connectivity index (χ0n) is 10.9. The highest BCUT2D eigenvalue weighted by molar-refractivity contribution is 7.12. The molecule has 98 valence electrons. The standard InChI is InChI=1S/C16H16O2S/c1-2-4-12-6-8-13(9-7-12)14(17)11-15(18)16-5-3-10-19-16/h3,5-10H,2,4,11H2,1H3. The first-order valence-electron chi connectivity index (χ1n) is 6.39. The smallest absolute Gasteiger partial charge is 0.180 e. The molecular weight excluding hydrogens is 256 g/mol. The predicted molar refractivity (Wildman–Crippen MR) is 78.0 cm³/mol. The number of carbonyl (C=O) groups excluding carboxylic acids is 2. The average molecular weight is 272 g/mol. The molecule has 19 heavy (non-hydrogen) atoms. The molecule has 0 bridgehead atoms. The Morgan fingerprint density at radius 3 is 2.37 bits per heavy atom. The zero-order valence-corrected chi connectivity index (χ0v) is 11.7. The lowest BCUT2D eigenvalue weighted by atomic mass is 10.0. The summed E-state index contributed by atoms with van der Waals surface area (Å²) in [6.07, 6.45) is 2.06. The van der Waals surface area contributed by atoms with Crippen LogP contribution in [0.2, 0.25) is 0 Å². The Kier molecular flexibility index (Phi) is 4.63. The van der Waals surface area contributed by atoms with Crippen molar-refractivity contribution in [2.45, 2.75) is 26.2 Å². The van der Waals surface area contributed by atoms with Crippen molar-refractivity contribution < 1.29 is 9.59 Å². The lowest BCUT2D eigenvalue weighted by molar-refractivity contribution is 0.0896. The van der Waals surface area contributed by atoms with Gasteiger partial charge in [0.2, 0.25) is 0 Å². The van der Waals surface area contributed by atoms with Crippen molar-refractivity contribution in [2.75, 3.05) is 0 Å². The Labute approximate surface area is 117 Å². The minimum Gasteiger partial charge on any atom is -0.294 e. The van der Waals surface area contributed by atoms with Gasteiger partial charge >= 0.3 is 0 Å². The van der Waals surface area contributed by atoms with E-state index in [0.29, 0.717) is 10.4 Å². The van der Waals surface area contributed by atoms with Gasteiger partial charge in [-0.3, -0.25) is 9.59 Å². The summed E-state index contributed by atoms with van der Waals surface area (Å²) >= 11 is 1.38. The van der Waals surface area contributed by atoms with Crippen molar-refractivity contribution in [3.8, 4) is 0 Å². The fourth-order valence-electron chi connectivity index (χ4n) is 1.92. The van der Waals surface area contributed by atoms with Crippen molar-refractivity contribution >= 4 is 22.9 Å². The van der Waals surface area contributed by atoms with Crippen LogP contribution in [0.4, 0.5) is 0 Å². The molecule has 3 heteroatoms. The molecule has 1 aromatic heterocycles. The van der Waals surface area contributed by atoms with Crippen LogP contribution in [0.5, 0.6) is 0 Å². The third kappa shape index (κ3) is 3.61. The van der Waals surface area contributed by atoms with Crippen LogP contribution in [-0.4, -0.2) is 11.6 Å². The second kappa shape index (κ2) is 6.43. The van der Waals surface area contributed by atoms with Gasteiger partial charge in [0.25, 0.3) is 0 Å². The van der Waals surface area contributed by atoms with E-state index >= 15 is 0 Å². The highest BCUT2D eigenvalue weighted by atomic mass is 32.1. The van der Waals surface area contributed by atoms with Crippen LogP contribution >= 0.6 is 11.3 Å². The van der Waals surface area contributed by atoms with Crippen LogP contribution in [0.3, 0.4) is 0 Å². The maximum Gasteiger partial charge on any atom is 0.180 e. The van der Waals surface area contributed by atoms with Crippen molar-refractivity contribution in [3.63, 3.8) is 0 Å². The minimum atomic E-state index is -0.110. The molecule has 0 saturated carbocycles. The molecule has 2 aromatic rings. The molecule has 2 rings (SSSR count). The lowest BCUT2D eigenvalue weighted by Gasteiger charge is -2.02. The van der Waals surface area contributed by atoms with Gasteiger partial charge in [-0.1, -0.05) is 43.7 Å². The number of benzene rings is 1. The van der Waals surface area contributed by atoms with Gasteiger partial charge < -0.3 is 0 Å². The van der Waals surface area contributed by atoms with E-state index in [1.54, 1.807) is 6.07 Å². The van der Waals surface area contributed by atoms with Crippen molar-refractivity contribution in [1.29, 1.82) is 0 Å². The van der Waals surface area contributed by atoms with E-state index in [1.165, 1.54) is 16.9 Å². The van der Waals surface area contributed by atoms with Crippen LogP contribution in [0.1, 0.15) is 45.4 Å². The van der Waals surface area contributed by atoms with Crippen molar-refractivity contribution in [2.24, 2.45) is 0 Å². The first-order valence-corrected chi connectivity index (χ1v) is 7.27. The molecule has 0 aliphatic carbocycles. The number of rotatable bonds is 6. The molecule has 2 nitrogen and oxygen atoms in total. The molecule has 0 saturated heterocycles. The third-order valence-corrected chi connectivity index (χ3v) is 3.84. The molecule has 0 unspecified atom stereocenters. The molecule has 0 radical (unpaired) electrons. The number of ketones is 2. The summed E-state index contributed by atoms with van der Waals surface area (Å²) < 4.78 is 0. The quantitative estimate of drug-likeness (QED) is 0.584. The molecule has 0 amide bonds. The highest BCUT2D eigenvalue weighted by Crippen LogP contribution is 2.14. The van der Waals surface area contributed by atoms with E-state index < -0.39 is 0 Å². The number of Topliss-reactive ketones (excluding diaryl/α,β-unsaturated/α-hetero) is 2. The monoisotopic (exact) mass is 272 g/mol. The van der Waals surface area contributed by atoms with Crippen molar-refractivity contribution in [3.05, 3.63) is 57.8 Å². The van der Waals surface area contributed by atoms with Gasteiger partial charge in [0.1, 0.15) is 0 Å². The van der Waals surface area contributed by atoms with Crippen molar-refractivity contribution in [1.82, 2.24) is 0 Å². The Hall–Kier alpha value is -1.74.